The number of para-hydroxylation sites is 1. The summed E-state index contributed by atoms with van der Waals surface area (Å²) >= 11 is 0. The van der Waals surface area contributed by atoms with Crippen molar-refractivity contribution in [3.05, 3.63) is 30.1 Å². The first-order valence-electron chi connectivity index (χ1n) is 6.07. The molecule has 0 bridgehead atoms. The van der Waals surface area contributed by atoms with Crippen molar-refractivity contribution < 1.29 is 4.39 Å². The van der Waals surface area contributed by atoms with Crippen molar-refractivity contribution >= 4 is 5.69 Å². The molecule has 0 aromatic heterocycles. The van der Waals surface area contributed by atoms with Crippen molar-refractivity contribution in [1.82, 2.24) is 5.32 Å². The molecule has 2 heterocycles. The summed E-state index contributed by atoms with van der Waals surface area (Å²) in [5.74, 6) is 0.611. The Balaban J connectivity index is 1.79. The molecule has 3 heteroatoms. The van der Waals surface area contributed by atoms with Crippen LogP contribution in [0.2, 0.25) is 0 Å². The van der Waals surface area contributed by atoms with Crippen LogP contribution in [-0.2, 0) is 0 Å². The summed E-state index contributed by atoms with van der Waals surface area (Å²) in [6.07, 6.45) is 2.37. The minimum absolute atomic E-state index is 0.0908. The molecule has 0 spiro atoms. The molecule has 86 valence electrons. The number of benzene rings is 1. The third-order valence-electron chi connectivity index (χ3n) is 3.85. The van der Waals surface area contributed by atoms with Crippen LogP contribution in [0.25, 0.3) is 0 Å². The van der Waals surface area contributed by atoms with Gasteiger partial charge in [-0.25, -0.2) is 4.39 Å². The van der Waals surface area contributed by atoms with Crippen LogP contribution in [0.3, 0.4) is 0 Å². The fourth-order valence-electron chi connectivity index (χ4n) is 2.97. The molecule has 1 N–H and O–H groups in total. The van der Waals surface area contributed by atoms with Gasteiger partial charge in [-0.15, -0.1) is 0 Å². The van der Waals surface area contributed by atoms with Crippen molar-refractivity contribution in [2.45, 2.75) is 18.9 Å². The van der Waals surface area contributed by atoms with E-state index in [2.05, 4.69) is 10.2 Å². The van der Waals surface area contributed by atoms with E-state index in [-0.39, 0.29) is 5.82 Å². The number of halogens is 1. The van der Waals surface area contributed by atoms with Gasteiger partial charge in [0.05, 0.1) is 5.69 Å². The third-order valence-corrected chi connectivity index (χ3v) is 3.85. The number of hydrogen-bond acceptors (Lipinski definition) is 2. The van der Waals surface area contributed by atoms with Crippen LogP contribution in [0, 0.1) is 11.7 Å². The molecule has 2 atom stereocenters. The number of hydrogen-bond donors (Lipinski definition) is 1. The second kappa shape index (κ2) is 4.06. The van der Waals surface area contributed by atoms with E-state index >= 15 is 0 Å². The Hall–Kier alpha value is -1.09. The monoisotopic (exact) mass is 220 g/mol. The molecule has 1 aromatic rings. The standard InChI is InChI=1S/C13H17FN2/c14-11-3-1-2-4-13(11)16-8-6-12-10(9-16)5-7-15-12/h1-4,10,12,15H,5-9H2. The predicted molar refractivity (Wildman–Crippen MR) is 63.1 cm³/mol. The lowest BCUT2D eigenvalue weighted by Crippen LogP contribution is -2.44. The van der Waals surface area contributed by atoms with Crippen molar-refractivity contribution in [2.75, 3.05) is 24.5 Å². The first-order valence-corrected chi connectivity index (χ1v) is 6.07. The predicted octanol–water partition coefficient (Wildman–Crippen LogP) is 2.01. The number of piperidine rings is 1. The Morgan fingerprint density at radius 2 is 2.12 bits per heavy atom. The second-order valence-electron chi connectivity index (χ2n) is 4.80. The Bertz CT molecular complexity index is 380. The van der Waals surface area contributed by atoms with Crippen LogP contribution in [0.1, 0.15) is 12.8 Å². The molecule has 0 radical (unpaired) electrons. The van der Waals surface area contributed by atoms with E-state index in [9.17, 15) is 4.39 Å². The Kier molecular flexibility index (Phi) is 2.56. The molecule has 16 heavy (non-hydrogen) atoms. The summed E-state index contributed by atoms with van der Waals surface area (Å²) in [5.41, 5.74) is 0.771. The fourth-order valence-corrected chi connectivity index (χ4v) is 2.97. The SMILES string of the molecule is Fc1ccccc1N1CCC2NCCC2C1. The van der Waals surface area contributed by atoms with Crippen molar-refractivity contribution in [3.8, 4) is 0 Å². The normalized spacial score (nSPS) is 29.2. The Morgan fingerprint density at radius 1 is 1.25 bits per heavy atom. The molecule has 0 saturated carbocycles. The molecular weight excluding hydrogens is 203 g/mol. The molecule has 2 nitrogen and oxygen atoms in total. The van der Waals surface area contributed by atoms with E-state index in [1.165, 1.54) is 6.42 Å². The first kappa shape index (κ1) is 10.1. The molecule has 1 aromatic carbocycles. The average Bonchev–Trinajstić information content (AvgIpc) is 2.76. The molecule has 2 aliphatic heterocycles. The van der Waals surface area contributed by atoms with Gasteiger partial charge in [-0.3, -0.25) is 0 Å². The number of anilines is 1. The van der Waals surface area contributed by atoms with Crippen LogP contribution >= 0.6 is 0 Å². The zero-order valence-corrected chi connectivity index (χ0v) is 9.32. The van der Waals surface area contributed by atoms with Gasteiger partial charge in [-0.05, 0) is 37.4 Å². The van der Waals surface area contributed by atoms with Crippen molar-refractivity contribution in [3.63, 3.8) is 0 Å². The van der Waals surface area contributed by atoms with Gasteiger partial charge in [0.25, 0.3) is 0 Å². The molecule has 0 amide bonds. The van der Waals surface area contributed by atoms with Gasteiger partial charge >= 0.3 is 0 Å². The summed E-state index contributed by atoms with van der Waals surface area (Å²) in [4.78, 5) is 2.20. The maximum absolute atomic E-state index is 13.7. The second-order valence-corrected chi connectivity index (χ2v) is 4.80. The molecule has 2 aliphatic rings. The van der Waals surface area contributed by atoms with E-state index in [0.717, 1.165) is 31.7 Å². The van der Waals surface area contributed by atoms with E-state index in [1.807, 2.05) is 12.1 Å². The van der Waals surface area contributed by atoms with Gasteiger partial charge < -0.3 is 10.2 Å². The number of rotatable bonds is 1. The van der Waals surface area contributed by atoms with Gasteiger partial charge in [-0.1, -0.05) is 12.1 Å². The largest absolute Gasteiger partial charge is 0.369 e. The van der Waals surface area contributed by atoms with Gasteiger partial charge in [0, 0.05) is 19.1 Å². The zero-order valence-electron chi connectivity index (χ0n) is 9.32. The van der Waals surface area contributed by atoms with Crippen molar-refractivity contribution in [1.29, 1.82) is 0 Å². The molecular formula is C13H17FN2. The molecule has 2 saturated heterocycles. The minimum atomic E-state index is -0.0908. The van der Waals surface area contributed by atoms with Gasteiger partial charge in [0.1, 0.15) is 5.82 Å². The highest BCUT2D eigenvalue weighted by Gasteiger charge is 2.33. The maximum Gasteiger partial charge on any atom is 0.146 e. The maximum atomic E-state index is 13.7. The highest BCUT2D eigenvalue weighted by atomic mass is 19.1. The lowest BCUT2D eigenvalue weighted by Gasteiger charge is -2.36. The average molecular weight is 220 g/mol. The van der Waals surface area contributed by atoms with E-state index < -0.39 is 0 Å². The van der Waals surface area contributed by atoms with Gasteiger partial charge in [-0.2, -0.15) is 0 Å². The van der Waals surface area contributed by atoms with Crippen LogP contribution in [0.15, 0.2) is 24.3 Å². The van der Waals surface area contributed by atoms with Crippen LogP contribution < -0.4 is 10.2 Å². The summed E-state index contributed by atoms with van der Waals surface area (Å²) in [5, 5.41) is 3.52. The molecule has 3 rings (SSSR count). The number of fused-ring (bicyclic) bond motifs is 1. The van der Waals surface area contributed by atoms with Gasteiger partial charge in [0.2, 0.25) is 0 Å². The lowest BCUT2D eigenvalue weighted by atomic mass is 9.93. The fraction of sp³-hybridized carbons (Fsp3) is 0.538. The van der Waals surface area contributed by atoms with E-state index in [4.69, 9.17) is 0 Å². The summed E-state index contributed by atoms with van der Waals surface area (Å²) in [6.45, 7) is 3.09. The highest BCUT2D eigenvalue weighted by molar-refractivity contribution is 5.48. The molecule has 2 unspecified atom stereocenters. The van der Waals surface area contributed by atoms with E-state index in [1.54, 1.807) is 12.1 Å². The molecule has 2 fully saturated rings. The lowest BCUT2D eigenvalue weighted by molar-refractivity contribution is 0.374. The van der Waals surface area contributed by atoms with E-state index in [0.29, 0.717) is 12.0 Å². The Labute approximate surface area is 95.4 Å². The number of nitrogens with zero attached hydrogens (tertiary/aromatic N) is 1. The first-order chi connectivity index (χ1) is 7.84. The summed E-state index contributed by atoms with van der Waals surface area (Å²) in [7, 11) is 0. The third kappa shape index (κ3) is 1.69. The van der Waals surface area contributed by atoms with Crippen molar-refractivity contribution in [2.24, 2.45) is 5.92 Å². The van der Waals surface area contributed by atoms with Crippen LogP contribution in [-0.4, -0.2) is 25.7 Å². The zero-order chi connectivity index (χ0) is 11.0. The topological polar surface area (TPSA) is 15.3 Å². The summed E-state index contributed by atoms with van der Waals surface area (Å²) in [6, 6.07) is 7.77. The number of nitrogens with one attached hydrogen (secondary N) is 1. The smallest absolute Gasteiger partial charge is 0.146 e. The van der Waals surface area contributed by atoms with Crippen LogP contribution in [0.4, 0.5) is 10.1 Å². The Morgan fingerprint density at radius 3 is 3.00 bits per heavy atom. The molecule has 0 aliphatic carbocycles. The highest BCUT2D eigenvalue weighted by Crippen LogP contribution is 2.29. The minimum Gasteiger partial charge on any atom is -0.369 e. The summed E-state index contributed by atoms with van der Waals surface area (Å²) < 4.78 is 13.7. The van der Waals surface area contributed by atoms with Gasteiger partial charge in [0.15, 0.2) is 0 Å². The van der Waals surface area contributed by atoms with Crippen LogP contribution in [0.5, 0.6) is 0 Å². The quantitative estimate of drug-likeness (QED) is 0.779.